The molecule has 0 spiro atoms. The fourth-order valence-corrected chi connectivity index (χ4v) is 1.06. The maximum atomic E-state index is 10.4. The summed E-state index contributed by atoms with van der Waals surface area (Å²) in [6.45, 7) is 0. The summed E-state index contributed by atoms with van der Waals surface area (Å²) in [6, 6.07) is 0. The molecule has 4 atom stereocenters. The van der Waals surface area contributed by atoms with Gasteiger partial charge in [-0.1, -0.05) is 0 Å². The van der Waals surface area contributed by atoms with Crippen molar-refractivity contribution in [3.63, 3.8) is 0 Å². The maximum Gasteiger partial charge on any atom is 0.335 e. The number of hydrogen-bond acceptors (Lipinski definition) is 6. The lowest BCUT2D eigenvalue weighted by atomic mass is 10.0. The van der Waals surface area contributed by atoms with E-state index in [1.54, 1.807) is 0 Å². The van der Waals surface area contributed by atoms with Crippen LogP contribution in [0.25, 0.3) is 0 Å². The highest BCUT2D eigenvalue weighted by atomic mass is 16.5. The van der Waals surface area contributed by atoms with Gasteiger partial charge in [-0.2, -0.15) is 0 Å². The number of carboxylic acid groups (broad SMARTS) is 1. The van der Waals surface area contributed by atoms with Crippen LogP contribution >= 0.6 is 0 Å². The van der Waals surface area contributed by atoms with Crippen molar-refractivity contribution < 1.29 is 34.4 Å². The lowest BCUT2D eigenvalue weighted by molar-refractivity contribution is -0.169. The Morgan fingerprint density at radius 3 is 2.07 bits per heavy atom. The highest BCUT2D eigenvalue weighted by Gasteiger charge is 2.36. The van der Waals surface area contributed by atoms with Crippen LogP contribution in [0.15, 0.2) is 0 Å². The molecule has 0 aliphatic carbocycles. The summed E-state index contributed by atoms with van der Waals surface area (Å²) in [4.78, 5) is 20.9. The Morgan fingerprint density at radius 1 is 1.27 bits per heavy atom. The third-order valence-electron chi connectivity index (χ3n) is 1.92. The highest BCUT2D eigenvalue weighted by Crippen LogP contribution is 2.10. The predicted molar refractivity (Wildman–Crippen MR) is 47.3 cm³/mol. The molecule has 0 bridgehead atoms. The first-order chi connectivity index (χ1) is 6.99. The highest BCUT2D eigenvalue weighted by molar-refractivity contribution is 5.73. The summed E-state index contributed by atoms with van der Waals surface area (Å²) >= 11 is 0. The summed E-state index contributed by atoms with van der Waals surface area (Å²) in [5, 5.41) is 27.1. The number of ether oxygens (including phenoxy) is 2. The summed E-state index contributed by atoms with van der Waals surface area (Å²) in [7, 11) is 2.28. The number of carboxylic acids is 1. The maximum absolute atomic E-state index is 10.4. The van der Waals surface area contributed by atoms with Crippen molar-refractivity contribution >= 4 is 12.3 Å². The van der Waals surface area contributed by atoms with Crippen LogP contribution in [0.2, 0.25) is 0 Å². The SMILES string of the molecule is CO[C@@H]([C@H](O)[C@H](C=O)OC)[C@H](O)C(=O)O. The number of aliphatic hydroxyl groups excluding tert-OH is 2. The van der Waals surface area contributed by atoms with E-state index >= 15 is 0 Å². The van der Waals surface area contributed by atoms with E-state index in [1.807, 2.05) is 0 Å². The number of carbonyl (C=O) groups is 2. The summed E-state index contributed by atoms with van der Waals surface area (Å²) in [6.07, 6.45) is -5.86. The second-order valence-electron chi connectivity index (χ2n) is 2.81. The first-order valence-electron chi connectivity index (χ1n) is 4.09. The molecule has 15 heavy (non-hydrogen) atoms. The fourth-order valence-electron chi connectivity index (χ4n) is 1.06. The molecule has 7 nitrogen and oxygen atoms in total. The van der Waals surface area contributed by atoms with E-state index in [-0.39, 0.29) is 0 Å². The van der Waals surface area contributed by atoms with Crippen LogP contribution in [0.3, 0.4) is 0 Å². The van der Waals surface area contributed by atoms with E-state index in [4.69, 9.17) is 10.2 Å². The zero-order valence-corrected chi connectivity index (χ0v) is 8.36. The van der Waals surface area contributed by atoms with Gasteiger partial charge in [-0.05, 0) is 0 Å². The van der Waals surface area contributed by atoms with Crippen LogP contribution in [-0.4, -0.2) is 66.2 Å². The molecule has 0 saturated heterocycles. The molecule has 0 heterocycles. The third kappa shape index (κ3) is 3.56. The van der Waals surface area contributed by atoms with E-state index in [0.717, 1.165) is 7.11 Å². The molecule has 0 fully saturated rings. The van der Waals surface area contributed by atoms with E-state index in [1.165, 1.54) is 7.11 Å². The molecule has 0 radical (unpaired) electrons. The molecular formula is C8H14O7. The van der Waals surface area contributed by atoms with Gasteiger partial charge in [0.2, 0.25) is 0 Å². The second kappa shape index (κ2) is 6.46. The molecule has 0 aromatic carbocycles. The summed E-state index contributed by atoms with van der Waals surface area (Å²) < 4.78 is 9.17. The van der Waals surface area contributed by atoms with Crippen LogP contribution < -0.4 is 0 Å². The average Bonchev–Trinajstić information content (AvgIpc) is 2.20. The average molecular weight is 222 g/mol. The minimum Gasteiger partial charge on any atom is -0.479 e. The first-order valence-corrected chi connectivity index (χ1v) is 4.09. The standard InChI is InChI=1S/C8H14O7/c1-14-4(3-9)5(10)7(15-2)6(11)8(12)13/h3-7,10-11H,1-2H3,(H,12,13)/t4-,5+,6-,7-/m0/s1. The van der Waals surface area contributed by atoms with Gasteiger partial charge in [0.15, 0.2) is 12.4 Å². The monoisotopic (exact) mass is 222 g/mol. The molecule has 0 amide bonds. The largest absolute Gasteiger partial charge is 0.479 e. The Kier molecular flexibility index (Phi) is 6.02. The Labute approximate surface area is 86.2 Å². The Hall–Kier alpha value is -1.02. The van der Waals surface area contributed by atoms with Gasteiger partial charge in [-0.25, -0.2) is 4.79 Å². The number of hydrogen-bond donors (Lipinski definition) is 3. The van der Waals surface area contributed by atoms with Gasteiger partial charge in [0, 0.05) is 14.2 Å². The van der Waals surface area contributed by atoms with Crippen molar-refractivity contribution in [1.29, 1.82) is 0 Å². The van der Waals surface area contributed by atoms with Crippen molar-refractivity contribution in [2.24, 2.45) is 0 Å². The number of methoxy groups -OCH3 is 2. The van der Waals surface area contributed by atoms with Gasteiger partial charge in [0.25, 0.3) is 0 Å². The number of aldehydes is 1. The molecule has 7 heteroatoms. The van der Waals surface area contributed by atoms with Crippen molar-refractivity contribution in [2.45, 2.75) is 24.4 Å². The van der Waals surface area contributed by atoms with Crippen LogP contribution in [0.1, 0.15) is 0 Å². The third-order valence-corrected chi connectivity index (χ3v) is 1.92. The molecule has 0 rings (SSSR count). The van der Waals surface area contributed by atoms with E-state index < -0.39 is 30.4 Å². The van der Waals surface area contributed by atoms with Crippen molar-refractivity contribution in [1.82, 2.24) is 0 Å². The Morgan fingerprint density at radius 2 is 1.80 bits per heavy atom. The summed E-state index contributed by atoms with van der Waals surface area (Å²) in [5.41, 5.74) is 0. The van der Waals surface area contributed by atoms with Gasteiger partial charge in [0.05, 0.1) is 0 Å². The minimum absolute atomic E-state index is 0.297. The molecule has 0 aliphatic heterocycles. The topological polar surface area (TPSA) is 113 Å². The van der Waals surface area contributed by atoms with Crippen LogP contribution in [-0.2, 0) is 19.1 Å². The molecule has 0 unspecified atom stereocenters. The lowest BCUT2D eigenvalue weighted by Gasteiger charge is -2.26. The number of aliphatic hydroxyl groups is 2. The predicted octanol–water partition coefficient (Wildman–Crippen LogP) is -1.98. The molecule has 0 aromatic heterocycles. The molecule has 88 valence electrons. The van der Waals surface area contributed by atoms with E-state index in [0.29, 0.717) is 6.29 Å². The smallest absolute Gasteiger partial charge is 0.335 e. The Balaban J connectivity index is 4.64. The minimum atomic E-state index is -1.93. The van der Waals surface area contributed by atoms with Gasteiger partial charge in [-0.3, -0.25) is 0 Å². The van der Waals surface area contributed by atoms with E-state index in [9.17, 15) is 14.7 Å². The van der Waals surface area contributed by atoms with Gasteiger partial charge in [-0.15, -0.1) is 0 Å². The van der Waals surface area contributed by atoms with Crippen LogP contribution in [0.5, 0.6) is 0 Å². The van der Waals surface area contributed by atoms with Gasteiger partial charge < -0.3 is 29.6 Å². The molecular weight excluding hydrogens is 208 g/mol. The van der Waals surface area contributed by atoms with Crippen LogP contribution in [0, 0.1) is 0 Å². The molecule has 3 N–H and O–H groups in total. The fraction of sp³-hybridized carbons (Fsp3) is 0.750. The first kappa shape index (κ1) is 14.0. The van der Waals surface area contributed by atoms with Crippen molar-refractivity contribution in [3.8, 4) is 0 Å². The molecule has 0 saturated carbocycles. The second-order valence-corrected chi connectivity index (χ2v) is 2.81. The number of aliphatic carboxylic acids is 1. The van der Waals surface area contributed by atoms with Gasteiger partial charge in [0.1, 0.15) is 18.3 Å². The van der Waals surface area contributed by atoms with Crippen molar-refractivity contribution in [3.05, 3.63) is 0 Å². The van der Waals surface area contributed by atoms with E-state index in [2.05, 4.69) is 9.47 Å². The zero-order chi connectivity index (χ0) is 12.0. The number of carbonyl (C=O) groups excluding carboxylic acids is 1. The summed E-state index contributed by atoms with van der Waals surface area (Å²) in [5.74, 6) is -1.55. The lowest BCUT2D eigenvalue weighted by Crippen LogP contribution is -2.49. The molecule has 0 aromatic rings. The van der Waals surface area contributed by atoms with Gasteiger partial charge >= 0.3 is 5.97 Å². The quantitative estimate of drug-likeness (QED) is 0.428. The Bertz CT molecular complexity index is 217. The normalized spacial score (nSPS) is 18.9. The molecule has 0 aliphatic rings. The van der Waals surface area contributed by atoms with Crippen molar-refractivity contribution in [2.75, 3.05) is 14.2 Å². The number of rotatable bonds is 7. The van der Waals surface area contributed by atoms with Crippen LogP contribution in [0.4, 0.5) is 0 Å². The zero-order valence-electron chi connectivity index (χ0n) is 8.36.